The van der Waals surface area contributed by atoms with Gasteiger partial charge in [0.1, 0.15) is 5.75 Å². The van der Waals surface area contributed by atoms with E-state index in [4.69, 9.17) is 9.84 Å². The largest absolute Gasteiger partial charge is 0.497 e. The molecule has 0 spiro atoms. The third-order valence-electron chi connectivity index (χ3n) is 3.70. The smallest absolute Gasteiger partial charge is 0.313 e. The molecule has 0 saturated carbocycles. The molecule has 0 aliphatic carbocycles. The van der Waals surface area contributed by atoms with Crippen molar-refractivity contribution in [1.82, 2.24) is 0 Å². The molecule has 0 bridgehead atoms. The van der Waals surface area contributed by atoms with Crippen LogP contribution in [0.25, 0.3) is 0 Å². The number of carbonyl (C=O) groups is 3. The molecule has 0 atom stereocenters. The van der Waals surface area contributed by atoms with Crippen molar-refractivity contribution in [1.29, 1.82) is 0 Å². The number of ether oxygens (including phenoxy) is 1. The average molecular weight is 387 g/mol. The van der Waals surface area contributed by atoms with Gasteiger partial charge in [-0.3, -0.25) is 14.4 Å². The number of carbonyl (C=O) groups excluding carboxylic acids is 2. The number of Topliss-reactive ketones (excluding diaryl/α,β-unsaturated/α-hetero) is 1. The minimum atomic E-state index is -0.856. The van der Waals surface area contributed by atoms with Gasteiger partial charge in [0, 0.05) is 29.8 Å². The summed E-state index contributed by atoms with van der Waals surface area (Å²) in [6, 6.07) is 14.0. The number of aliphatic carboxylic acids is 1. The highest BCUT2D eigenvalue weighted by Crippen LogP contribution is 2.17. The molecule has 7 heteroatoms. The highest BCUT2D eigenvalue weighted by Gasteiger charge is 2.10. The van der Waals surface area contributed by atoms with Crippen LogP contribution in [-0.2, 0) is 15.3 Å². The Kier molecular flexibility index (Phi) is 7.88. The normalized spacial score (nSPS) is 10.3. The highest BCUT2D eigenvalue weighted by molar-refractivity contribution is 7.99. The first-order valence-electron chi connectivity index (χ1n) is 8.33. The first-order valence-corrected chi connectivity index (χ1v) is 9.49. The van der Waals surface area contributed by atoms with E-state index in [1.54, 1.807) is 49.6 Å². The van der Waals surface area contributed by atoms with Gasteiger partial charge in [0.2, 0.25) is 5.91 Å². The summed E-state index contributed by atoms with van der Waals surface area (Å²) in [5, 5.41) is 11.4. The number of carboxylic acids is 1. The van der Waals surface area contributed by atoms with Gasteiger partial charge >= 0.3 is 5.97 Å². The fourth-order valence-corrected chi connectivity index (χ4v) is 3.06. The molecule has 2 aromatic rings. The van der Waals surface area contributed by atoms with Crippen LogP contribution in [0.3, 0.4) is 0 Å². The lowest BCUT2D eigenvalue weighted by Crippen LogP contribution is -2.13. The van der Waals surface area contributed by atoms with E-state index in [0.29, 0.717) is 22.8 Å². The van der Waals surface area contributed by atoms with Crippen molar-refractivity contribution in [3.05, 3.63) is 59.7 Å². The van der Waals surface area contributed by atoms with Crippen molar-refractivity contribution in [3.63, 3.8) is 0 Å². The third-order valence-corrected chi connectivity index (χ3v) is 4.68. The van der Waals surface area contributed by atoms with Crippen molar-refractivity contribution in [3.8, 4) is 5.75 Å². The summed E-state index contributed by atoms with van der Waals surface area (Å²) in [5.74, 6) is 0.0474. The lowest BCUT2D eigenvalue weighted by Gasteiger charge is -2.07. The molecular weight excluding hydrogens is 366 g/mol. The zero-order valence-corrected chi connectivity index (χ0v) is 15.8. The van der Waals surface area contributed by atoms with Gasteiger partial charge in [0.05, 0.1) is 12.9 Å². The van der Waals surface area contributed by atoms with Crippen LogP contribution in [-0.4, -0.2) is 35.6 Å². The van der Waals surface area contributed by atoms with Gasteiger partial charge in [0.25, 0.3) is 0 Å². The molecule has 0 unspecified atom stereocenters. The maximum Gasteiger partial charge on any atom is 0.313 e. The van der Waals surface area contributed by atoms with Crippen molar-refractivity contribution >= 4 is 35.1 Å². The lowest BCUT2D eigenvalue weighted by atomic mass is 10.1. The summed E-state index contributed by atoms with van der Waals surface area (Å²) < 4.78 is 5.05. The van der Waals surface area contributed by atoms with Crippen molar-refractivity contribution in [2.45, 2.75) is 18.6 Å². The predicted molar refractivity (Wildman–Crippen MR) is 105 cm³/mol. The van der Waals surface area contributed by atoms with Gasteiger partial charge in [-0.25, -0.2) is 0 Å². The molecular formula is C20H21NO5S. The van der Waals surface area contributed by atoms with Gasteiger partial charge in [-0.2, -0.15) is 0 Å². The summed E-state index contributed by atoms with van der Waals surface area (Å²) >= 11 is 1.29. The first kappa shape index (κ1) is 20.5. The predicted octanol–water partition coefficient (Wildman–Crippen LogP) is 3.61. The molecule has 2 aromatic carbocycles. The van der Waals surface area contributed by atoms with E-state index in [-0.39, 0.29) is 30.3 Å². The van der Waals surface area contributed by atoms with Gasteiger partial charge in [-0.1, -0.05) is 12.1 Å². The van der Waals surface area contributed by atoms with Crippen LogP contribution < -0.4 is 10.1 Å². The fourth-order valence-electron chi connectivity index (χ4n) is 2.37. The molecule has 0 aromatic heterocycles. The molecule has 2 N–H and O–H groups in total. The molecule has 27 heavy (non-hydrogen) atoms. The van der Waals surface area contributed by atoms with Crippen LogP contribution in [0.1, 0.15) is 28.8 Å². The molecule has 0 radical (unpaired) electrons. The van der Waals surface area contributed by atoms with Gasteiger partial charge < -0.3 is 15.2 Å². The number of nitrogens with one attached hydrogen (secondary N) is 1. The minimum absolute atomic E-state index is 0.0318. The van der Waals surface area contributed by atoms with E-state index in [1.165, 1.54) is 11.8 Å². The van der Waals surface area contributed by atoms with Gasteiger partial charge in [-0.05, 0) is 42.0 Å². The summed E-state index contributed by atoms with van der Waals surface area (Å²) in [6.45, 7) is 0. The number of rotatable bonds is 10. The Bertz CT molecular complexity index is 804. The van der Waals surface area contributed by atoms with Crippen molar-refractivity contribution < 1.29 is 24.2 Å². The number of amides is 1. The molecule has 1 amide bonds. The summed E-state index contributed by atoms with van der Waals surface area (Å²) in [5.41, 5.74) is 2.10. The molecule has 2 rings (SSSR count). The Labute approximate surface area is 161 Å². The number of anilines is 1. The Morgan fingerprint density at radius 2 is 1.81 bits per heavy atom. The monoisotopic (exact) mass is 387 g/mol. The first-order chi connectivity index (χ1) is 13.0. The van der Waals surface area contributed by atoms with Gasteiger partial charge in [0.15, 0.2) is 5.78 Å². The molecule has 0 aliphatic heterocycles. The second-order valence-electron chi connectivity index (χ2n) is 5.79. The second kappa shape index (κ2) is 10.4. The summed E-state index contributed by atoms with van der Waals surface area (Å²) in [4.78, 5) is 34.8. The Morgan fingerprint density at radius 3 is 2.48 bits per heavy atom. The number of benzene rings is 2. The van der Waals surface area contributed by atoms with E-state index in [1.807, 2.05) is 6.07 Å². The van der Waals surface area contributed by atoms with Crippen LogP contribution in [0.15, 0.2) is 48.5 Å². The second-order valence-corrected chi connectivity index (χ2v) is 6.77. The topological polar surface area (TPSA) is 92.7 Å². The third kappa shape index (κ3) is 7.15. The number of hydrogen-bond acceptors (Lipinski definition) is 5. The quantitative estimate of drug-likeness (QED) is 0.605. The fraction of sp³-hybridized carbons (Fsp3) is 0.250. The van der Waals surface area contributed by atoms with E-state index < -0.39 is 5.97 Å². The number of hydrogen-bond donors (Lipinski definition) is 2. The molecule has 0 fully saturated rings. The van der Waals surface area contributed by atoms with Gasteiger partial charge in [-0.15, -0.1) is 11.8 Å². The minimum Gasteiger partial charge on any atom is -0.497 e. The Morgan fingerprint density at radius 1 is 1.07 bits per heavy atom. The number of methoxy groups -OCH3 is 1. The number of thioether (sulfide) groups is 1. The van der Waals surface area contributed by atoms with E-state index >= 15 is 0 Å². The maximum atomic E-state index is 12.2. The number of ketones is 1. The number of carboxylic acid groups (broad SMARTS) is 1. The Hall–Kier alpha value is -2.80. The molecule has 0 saturated heterocycles. The summed E-state index contributed by atoms with van der Waals surface area (Å²) in [6.07, 6.45) is 0.204. The zero-order valence-electron chi connectivity index (χ0n) is 14.9. The average Bonchev–Trinajstić information content (AvgIpc) is 2.66. The van der Waals surface area contributed by atoms with Crippen LogP contribution in [0.5, 0.6) is 5.75 Å². The SMILES string of the molecule is COc1ccc(C(=O)CCC(=O)Nc2cccc(CSCC(=O)O)c2)cc1. The zero-order chi connectivity index (χ0) is 19.6. The molecule has 0 heterocycles. The molecule has 6 nitrogen and oxygen atoms in total. The standard InChI is InChI=1S/C20H21NO5S/c1-26-17-7-5-15(6-8-17)18(22)9-10-19(23)21-16-4-2-3-14(11-16)12-27-13-20(24)25/h2-8,11H,9-10,12-13H2,1H3,(H,21,23)(H,24,25). The van der Waals surface area contributed by atoms with E-state index in [0.717, 1.165) is 5.56 Å². The maximum absolute atomic E-state index is 12.2. The Balaban J connectivity index is 1.82. The van der Waals surface area contributed by atoms with E-state index in [2.05, 4.69) is 5.32 Å². The summed E-state index contributed by atoms with van der Waals surface area (Å²) in [7, 11) is 1.56. The van der Waals surface area contributed by atoms with Crippen molar-refractivity contribution in [2.75, 3.05) is 18.2 Å². The molecule has 0 aliphatic rings. The highest BCUT2D eigenvalue weighted by atomic mass is 32.2. The molecule has 142 valence electrons. The van der Waals surface area contributed by atoms with Crippen LogP contribution in [0.4, 0.5) is 5.69 Å². The van der Waals surface area contributed by atoms with E-state index in [9.17, 15) is 14.4 Å². The van der Waals surface area contributed by atoms with Crippen molar-refractivity contribution in [2.24, 2.45) is 0 Å². The van der Waals surface area contributed by atoms with Crippen LogP contribution in [0.2, 0.25) is 0 Å². The lowest BCUT2D eigenvalue weighted by molar-refractivity contribution is -0.133. The van der Waals surface area contributed by atoms with Crippen LogP contribution >= 0.6 is 11.8 Å². The van der Waals surface area contributed by atoms with Crippen LogP contribution in [0, 0.1) is 0 Å².